The summed E-state index contributed by atoms with van der Waals surface area (Å²) in [5.41, 5.74) is 6.02. The molecule has 2 unspecified atom stereocenters. The molecule has 1 aliphatic carbocycles. The molecule has 1 saturated carbocycles. The van der Waals surface area contributed by atoms with E-state index in [0.29, 0.717) is 11.8 Å². The maximum absolute atomic E-state index is 6.17. The van der Waals surface area contributed by atoms with Crippen molar-refractivity contribution in [1.29, 1.82) is 0 Å². The number of hydrogen-bond donors (Lipinski definition) is 1. The van der Waals surface area contributed by atoms with Crippen LogP contribution in [0.1, 0.15) is 32.1 Å². The Hall–Kier alpha value is -1.14. The Bertz CT molecular complexity index is 416. The second-order valence-corrected chi connectivity index (χ2v) is 5.42. The van der Waals surface area contributed by atoms with Crippen molar-refractivity contribution >= 4 is 5.95 Å². The van der Waals surface area contributed by atoms with Crippen LogP contribution in [-0.2, 0) is 10.2 Å². The van der Waals surface area contributed by atoms with E-state index in [1.807, 2.05) is 0 Å². The van der Waals surface area contributed by atoms with Gasteiger partial charge in [0.1, 0.15) is 0 Å². The van der Waals surface area contributed by atoms with Crippen LogP contribution in [0.4, 0.5) is 5.95 Å². The average Bonchev–Trinajstić information content (AvgIpc) is 3.00. The van der Waals surface area contributed by atoms with E-state index in [1.165, 1.54) is 0 Å². The Labute approximate surface area is 106 Å². The lowest BCUT2D eigenvalue weighted by Crippen LogP contribution is -2.39. The number of nitrogens with zero attached hydrogens (tertiary/aromatic N) is 3. The van der Waals surface area contributed by atoms with Crippen LogP contribution in [0.2, 0.25) is 0 Å². The maximum atomic E-state index is 6.17. The lowest BCUT2D eigenvalue weighted by Gasteiger charge is -2.25. The molecule has 2 fully saturated rings. The summed E-state index contributed by atoms with van der Waals surface area (Å²) in [6.07, 6.45) is 3.19. The first-order valence-corrected chi connectivity index (χ1v) is 6.62. The molecular weight excluding hydrogens is 232 g/mol. The molecule has 2 aliphatic rings. The van der Waals surface area contributed by atoms with Crippen molar-refractivity contribution in [2.75, 3.05) is 31.2 Å². The van der Waals surface area contributed by atoms with Gasteiger partial charge in [0, 0.05) is 19.1 Å². The Kier molecular flexibility index (Phi) is 2.99. The van der Waals surface area contributed by atoms with Crippen LogP contribution >= 0.6 is 0 Å². The van der Waals surface area contributed by atoms with Crippen molar-refractivity contribution in [3.8, 4) is 0 Å². The van der Waals surface area contributed by atoms with Crippen molar-refractivity contribution in [2.45, 2.75) is 37.6 Å². The third kappa shape index (κ3) is 1.89. The van der Waals surface area contributed by atoms with Gasteiger partial charge in [-0.05, 0) is 24.9 Å². The first kappa shape index (κ1) is 11.9. The van der Waals surface area contributed by atoms with E-state index in [4.69, 9.17) is 15.0 Å². The molecular formula is C12H20N4O2. The summed E-state index contributed by atoms with van der Waals surface area (Å²) < 4.78 is 10.8. The van der Waals surface area contributed by atoms with Crippen molar-refractivity contribution in [3.63, 3.8) is 0 Å². The summed E-state index contributed by atoms with van der Waals surface area (Å²) in [6.45, 7) is 5.21. The number of anilines is 1. The average molecular weight is 252 g/mol. The predicted molar refractivity (Wildman–Crippen MR) is 66.5 cm³/mol. The van der Waals surface area contributed by atoms with Gasteiger partial charge in [-0.3, -0.25) is 0 Å². The summed E-state index contributed by atoms with van der Waals surface area (Å²) in [5.74, 6) is 1.36. The molecule has 3 rings (SSSR count). The van der Waals surface area contributed by atoms with Gasteiger partial charge in [-0.15, -0.1) is 0 Å². The van der Waals surface area contributed by atoms with Crippen LogP contribution < -0.4 is 10.6 Å². The Morgan fingerprint density at radius 3 is 2.83 bits per heavy atom. The number of nitrogens with two attached hydrogens (primary N) is 1. The quantitative estimate of drug-likeness (QED) is 0.833. The van der Waals surface area contributed by atoms with Crippen molar-refractivity contribution in [3.05, 3.63) is 5.89 Å². The van der Waals surface area contributed by atoms with Crippen molar-refractivity contribution in [2.24, 2.45) is 5.73 Å². The van der Waals surface area contributed by atoms with Gasteiger partial charge >= 0.3 is 0 Å². The van der Waals surface area contributed by atoms with Gasteiger partial charge in [-0.25, -0.2) is 0 Å². The fourth-order valence-electron chi connectivity index (χ4n) is 2.80. The van der Waals surface area contributed by atoms with Gasteiger partial charge in [0.2, 0.25) is 5.89 Å². The smallest absolute Gasteiger partial charge is 0.266 e. The minimum Gasteiger partial charge on any atom is -0.378 e. The number of rotatable bonds is 2. The SMILES string of the molecule is CC1(c2nc(N3CCOCC3)no2)CCCC1N. The molecule has 2 N–H and O–H groups in total. The fraction of sp³-hybridized carbons (Fsp3) is 0.833. The summed E-state index contributed by atoms with van der Waals surface area (Å²) >= 11 is 0. The summed E-state index contributed by atoms with van der Waals surface area (Å²) in [6, 6.07) is 0.121. The predicted octanol–water partition coefficient (Wildman–Crippen LogP) is 0.675. The summed E-state index contributed by atoms with van der Waals surface area (Å²) in [5, 5.41) is 4.09. The number of morpholine rings is 1. The van der Waals surface area contributed by atoms with Gasteiger partial charge in [0.25, 0.3) is 5.95 Å². The molecule has 0 spiro atoms. The second-order valence-electron chi connectivity index (χ2n) is 5.42. The van der Waals surface area contributed by atoms with E-state index in [2.05, 4.69) is 22.0 Å². The van der Waals surface area contributed by atoms with E-state index in [-0.39, 0.29) is 11.5 Å². The Morgan fingerprint density at radius 1 is 1.39 bits per heavy atom. The highest BCUT2D eigenvalue weighted by Crippen LogP contribution is 2.39. The van der Waals surface area contributed by atoms with E-state index < -0.39 is 0 Å². The third-order valence-corrected chi connectivity index (χ3v) is 4.23. The van der Waals surface area contributed by atoms with Crippen LogP contribution in [0.3, 0.4) is 0 Å². The first-order valence-electron chi connectivity index (χ1n) is 6.62. The van der Waals surface area contributed by atoms with Crippen molar-refractivity contribution in [1.82, 2.24) is 10.1 Å². The molecule has 100 valence electrons. The monoisotopic (exact) mass is 252 g/mol. The van der Waals surface area contributed by atoms with Crippen LogP contribution in [0.15, 0.2) is 4.52 Å². The molecule has 0 amide bonds. The minimum atomic E-state index is -0.155. The van der Waals surface area contributed by atoms with Gasteiger partial charge in [-0.1, -0.05) is 6.42 Å². The van der Waals surface area contributed by atoms with Crippen molar-refractivity contribution < 1.29 is 9.26 Å². The second kappa shape index (κ2) is 4.51. The number of hydrogen-bond acceptors (Lipinski definition) is 6. The highest BCUT2D eigenvalue weighted by Gasteiger charge is 2.43. The molecule has 2 atom stereocenters. The van der Waals surface area contributed by atoms with Crippen LogP contribution in [0.25, 0.3) is 0 Å². The van der Waals surface area contributed by atoms with Crippen LogP contribution in [0, 0.1) is 0 Å². The van der Waals surface area contributed by atoms with Crippen LogP contribution in [-0.4, -0.2) is 42.5 Å². The minimum absolute atomic E-state index is 0.121. The zero-order valence-electron chi connectivity index (χ0n) is 10.8. The molecule has 0 radical (unpaired) electrons. The van der Waals surface area contributed by atoms with Gasteiger partial charge in [0.05, 0.1) is 18.6 Å². The lowest BCUT2D eigenvalue weighted by atomic mass is 9.85. The number of ether oxygens (including phenoxy) is 1. The normalized spacial score (nSPS) is 33.0. The van der Waals surface area contributed by atoms with Gasteiger partial charge < -0.3 is 19.9 Å². The highest BCUT2D eigenvalue weighted by molar-refractivity contribution is 5.30. The molecule has 1 saturated heterocycles. The van der Waals surface area contributed by atoms with Gasteiger partial charge in [-0.2, -0.15) is 4.98 Å². The van der Waals surface area contributed by atoms with E-state index in [0.717, 1.165) is 45.6 Å². The molecule has 6 nitrogen and oxygen atoms in total. The molecule has 1 aliphatic heterocycles. The molecule has 2 heterocycles. The Balaban J connectivity index is 1.80. The van der Waals surface area contributed by atoms with E-state index in [9.17, 15) is 0 Å². The maximum Gasteiger partial charge on any atom is 0.266 e. The molecule has 6 heteroatoms. The lowest BCUT2D eigenvalue weighted by molar-refractivity contribution is 0.121. The summed E-state index contributed by atoms with van der Waals surface area (Å²) in [4.78, 5) is 6.65. The third-order valence-electron chi connectivity index (χ3n) is 4.23. The zero-order chi connectivity index (χ0) is 12.6. The summed E-state index contributed by atoms with van der Waals surface area (Å²) in [7, 11) is 0. The molecule has 0 aromatic carbocycles. The standard InChI is InChI=1S/C12H20N4O2/c1-12(4-2-3-9(12)13)10-14-11(15-18-10)16-5-7-17-8-6-16/h9H,2-8,13H2,1H3. The Morgan fingerprint density at radius 2 is 2.17 bits per heavy atom. The molecule has 18 heavy (non-hydrogen) atoms. The van der Waals surface area contributed by atoms with E-state index >= 15 is 0 Å². The largest absolute Gasteiger partial charge is 0.378 e. The first-order chi connectivity index (χ1) is 8.70. The highest BCUT2D eigenvalue weighted by atomic mass is 16.5. The topological polar surface area (TPSA) is 77.4 Å². The zero-order valence-corrected chi connectivity index (χ0v) is 10.8. The fourth-order valence-corrected chi connectivity index (χ4v) is 2.80. The molecule has 1 aromatic rings. The van der Waals surface area contributed by atoms with E-state index in [1.54, 1.807) is 0 Å². The van der Waals surface area contributed by atoms with Gasteiger partial charge in [0.15, 0.2) is 0 Å². The van der Waals surface area contributed by atoms with Crippen LogP contribution in [0.5, 0.6) is 0 Å². The molecule has 1 aromatic heterocycles. The molecule has 0 bridgehead atoms. The number of aromatic nitrogens is 2.